The summed E-state index contributed by atoms with van der Waals surface area (Å²) in [6.45, 7) is 6.57. The SMILES string of the molecule is CCNC(=O)[C@H]1O[C@@H](n2cnc3c(NCC(c4ccccc4)c4ccccc4)nc(N[C@@H]4CC[C@@H](O)C4)nc32)[C@@H]2OC(C)(C)O[C@@H]21. The van der Waals surface area contributed by atoms with Crippen molar-refractivity contribution < 1.29 is 24.1 Å². The summed E-state index contributed by atoms with van der Waals surface area (Å²) in [6.07, 6.45) is 0.753. The zero-order valence-corrected chi connectivity index (χ0v) is 26.3. The van der Waals surface area contributed by atoms with Crippen LogP contribution in [0.1, 0.15) is 63.3 Å². The molecule has 12 nitrogen and oxygen atoms in total. The second-order valence-electron chi connectivity index (χ2n) is 12.7. The minimum Gasteiger partial charge on any atom is -0.393 e. The first kappa shape index (κ1) is 30.5. The molecule has 4 heterocycles. The van der Waals surface area contributed by atoms with E-state index in [1.54, 1.807) is 6.33 Å². The largest absolute Gasteiger partial charge is 0.393 e. The molecule has 6 atom stereocenters. The van der Waals surface area contributed by atoms with E-state index < -0.39 is 30.3 Å². The Morgan fingerprint density at radius 2 is 1.72 bits per heavy atom. The van der Waals surface area contributed by atoms with Crippen LogP contribution < -0.4 is 16.0 Å². The first-order valence-electron chi connectivity index (χ1n) is 16.1. The Morgan fingerprint density at radius 1 is 1.02 bits per heavy atom. The maximum Gasteiger partial charge on any atom is 0.252 e. The number of carbonyl (C=O) groups is 1. The zero-order chi connectivity index (χ0) is 31.8. The van der Waals surface area contributed by atoms with Gasteiger partial charge in [0.1, 0.15) is 12.2 Å². The molecule has 1 amide bonds. The van der Waals surface area contributed by atoms with Gasteiger partial charge in [0.25, 0.3) is 5.91 Å². The van der Waals surface area contributed by atoms with Gasteiger partial charge in [-0.2, -0.15) is 9.97 Å². The van der Waals surface area contributed by atoms with Crippen molar-refractivity contribution >= 4 is 28.8 Å². The van der Waals surface area contributed by atoms with Crippen LogP contribution in [0.5, 0.6) is 0 Å². The third-order valence-corrected chi connectivity index (χ3v) is 8.95. The van der Waals surface area contributed by atoms with Crippen LogP contribution in [0.15, 0.2) is 67.0 Å². The number of fused-ring (bicyclic) bond motifs is 2. The van der Waals surface area contributed by atoms with Crippen molar-refractivity contribution in [1.82, 2.24) is 24.8 Å². The third kappa shape index (κ3) is 6.05. The highest BCUT2D eigenvalue weighted by atomic mass is 16.8. The van der Waals surface area contributed by atoms with Crippen molar-refractivity contribution in [1.29, 1.82) is 0 Å². The highest BCUT2D eigenvalue weighted by Gasteiger charge is 2.58. The molecule has 3 fully saturated rings. The summed E-state index contributed by atoms with van der Waals surface area (Å²) in [6, 6.07) is 20.8. The minimum absolute atomic E-state index is 0.0413. The van der Waals surface area contributed by atoms with Crippen LogP contribution in [0.3, 0.4) is 0 Å². The number of ether oxygens (including phenoxy) is 3. The minimum atomic E-state index is -0.889. The van der Waals surface area contributed by atoms with E-state index in [1.807, 2.05) is 61.7 Å². The summed E-state index contributed by atoms with van der Waals surface area (Å²) >= 11 is 0. The van der Waals surface area contributed by atoms with E-state index in [1.165, 1.54) is 11.1 Å². The van der Waals surface area contributed by atoms with Crippen LogP contribution in [0, 0.1) is 0 Å². The standard InChI is InChI=1S/C34H41N7O5/c1-4-35-31(43)27-26-28(46-34(2,3)45-26)32(44-27)41-19-37-25-29(39-33(40-30(25)41)38-22-15-16-23(42)17-22)36-18-24(20-11-7-5-8-12-20)21-13-9-6-10-14-21/h5-14,19,22-24,26-28,32,42H,4,15-18H2,1-3H3,(H,35,43)(H2,36,38,39,40)/t22-,23-,26-,27+,28-,32-/m1/s1. The number of nitrogens with zero attached hydrogens (tertiary/aromatic N) is 4. The summed E-state index contributed by atoms with van der Waals surface area (Å²) in [7, 11) is 0. The van der Waals surface area contributed by atoms with E-state index in [4.69, 9.17) is 29.2 Å². The number of hydrogen-bond acceptors (Lipinski definition) is 10. The molecule has 0 bridgehead atoms. The van der Waals surface area contributed by atoms with Crippen LogP contribution in [-0.4, -0.2) is 79.9 Å². The lowest BCUT2D eigenvalue weighted by Gasteiger charge is -2.24. The van der Waals surface area contributed by atoms with Crippen molar-refractivity contribution in [3.8, 4) is 0 Å². The predicted molar refractivity (Wildman–Crippen MR) is 172 cm³/mol. The number of carbonyl (C=O) groups excluding carboxylic acids is 1. The van der Waals surface area contributed by atoms with Gasteiger partial charge < -0.3 is 35.3 Å². The van der Waals surface area contributed by atoms with Crippen LogP contribution in [0.25, 0.3) is 11.2 Å². The second-order valence-corrected chi connectivity index (χ2v) is 12.7. The van der Waals surface area contributed by atoms with Crippen LogP contribution in [0.4, 0.5) is 11.8 Å². The summed E-state index contributed by atoms with van der Waals surface area (Å²) in [5.74, 6) is -0.0947. The molecular weight excluding hydrogens is 586 g/mol. The van der Waals surface area contributed by atoms with Crippen molar-refractivity contribution in [3.05, 3.63) is 78.1 Å². The molecule has 1 aliphatic carbocycles. The van der Waals surface area contributed by atoms with E-state index in [0.717, 1.165) is 12.8 Å². The maximum atomic E-state index is 13.0. The van der Waals surface area contributed by atoms with Gasteiger partial charge in [0, 0.05) is 25.0 Å². The normalized spacial score (nSPS) is 26.8. The highest BCUT2D eigenvalue weighted by Crippen LogP contribution is 2.44. The van der Waals surface area contributed by atoms with Gasteiger partial charge in [-0.3, -0.25) is 9.36 Å². The molecule has 46 heavy (non-hydrogen) atoms. The van der Waals surface area contributed by atoms with Crippen molar-refractivity contribution in [3.63, 3.8) is 0 Å². The predicted octanol–water partition coefficient (Wildman–Crippen LogP) is 3.95. The van der Waals surface area contributed by atoms with Gasteiger partial charge >= 0.3 is 0 Å². The number of nitrogens with one attached hydrogen (secondary N) is 3. The van der Waals surface area contributed by atoms with E-state index >= 15 is 0 Å². The molecule has 4 N–H and O–H groups in total. The van der Waals surface area contributed by atoms with Crippen molar-refractivity contribution in [2.24, 2.45) is 0 Å². The number of likely N-dealkylation sites (N-methyl/N-ethyl adjacent to an activating group) is 1. The Bertz CT molecular complexity index is 1630. The molecule has 2 aromatic heterocycles. The van der Waals surface area contributed by atoms with E-state index in [2.05, 4.69) is 40.2 Å². The van der Waals surface area contributed by atoms with Crippen molar-refractivity contribution in [2.45, 2.75) is 88.4 Å². The smallest absolute Gasteiger partial charge is 0.252 e. The van der Waals surface area contributed by atoms with Gasteiger partial charge in [0.2, 0.25) is 5.95 Å². The number of aliphatic hydroxyl groups is 1. The first-order valence-corrected chi connectivity index (χ1v) is 16.1. The Balaban J connectivity index is 1.25. The Hall–Kier alpha value is -4.10. The average Bonchev–Trinajstić information content (AvgIpc) is 3.81. The number of amides is 1. The molecule has 4 aromatic rings. The quantitative estimate of drug-likeness (QED) is 0.204. The molecule has 2 aliphatic heterocycles. The van der Waals surface area contributed by atoms with Gasteiger partial charge in [0.05, 0.1) is 12.4 Å². The topological polar surface area (TPSA) is 145 Å². The molecular formula is C34H41N7O5. The molecule has 0 unspecified atom stereocenters. The van der Waals surface area contributed by atoms with Gasteiger partial charge in [-0.15, -0.1) is 0 Å². The second kappa shape index (κ2) is 12.6. The summed E-state index contributed by atoms with van der Waals surface area (Å²) in [5.41, 5.74) is 3.45. The summed E-state index contributed by atoms with van der Waals surface area (Å²) in [5, 5.41) is 20.1. The van der Waals surface area contributed by atoms with Crippen LogP contribution in [-0.2, 0) is 19.0 Å². The molecule has 2 saturated heterocycles. The number of aromatic nitrogens is 4. The van der Waals surface area contributed by atoms with Gasteiger partial charge in [-0.1, -0.05) is 60.7 Å². The molecule has 2 aromatic carbocycles. The fourth-order valence-electron chi connectivity index (χ4n) is 6.85. The molecule has 1 saturated carbocycles. The fourth-order valence-corrected chi connectivity index (χ4v) is 6.85. The summed E-state index contributed by atoms with van der Waals surface area (Å²) in [4.78, 5) is 27.6. The zero-order valence-electron chi connectivity index (χ0n) is 26.3. The van der Waals surface area contributed by atoms with Gasteiger partial charge in [-0.25, -0.2) is 4.98 Å². The number of anilines is 2. The average molecular weight is 628 g/mol. The van der Waals surface area contributed by atoms with Gasteiger partial charge in [-0.05, 0) is 51.2 Å². The lowest BCUT2D eigenvalue weighted by Crippen LogP contribution is -2.42. The van der Waals surface area contributed by atoms with Crippen LogP contribution in [0.2, 0.25) is 0 Å². The number of rotatable bonds is 10. The third-order valence-electron chi connectivity index (χ3n) is 8.95. The van der Waals surface area contributed by atoms with Crippen molar-refractivity contribution in [2.75, 3.05) is 23.7 Å². The molecule has 0 radical (unpaired) electrons. The lowest BCUT2D eigenvalue weighted by atomic mass is 9.91. The molecule has 0 spiro atoms. The Kier molecular flexibility index (Phi) is 8.36. The Morgan fingerprint density at radius 3 is 2.37 bits per heavy atom. The maximum absolute atomic E-state index is 13.0. The number of hydrogen-bond donors (Lipinski definition) is 4. The van der Waals surface area contributed by atoms with Gasteiger partial charge in [0.15, 0.2) is 35.1 Å². The monoisotopic (exact) mass is 627 g/mol. The molecule has 242 valence electrons. The van der Waals surface area contributed by atoms with E-state index in [9.17, 15) is 9.90 Å². The molecule has 12 heteroatoms. The number of imidazole rings is 1. The first-order chi connectivity index (χ1) is 22.3. The molecule has 7 rings (SSSR count). The number of benzene rings is 2. The summed E-state index contributed by atoms with van der Waals surface area (Å²) < 4.78 is 20.6. The van der Waals surface area contributed by atoms with Crippen LogP contribution >= 0.6 is 0 Å². The lowest BCUT2D eigenvalue weighted by molar-refractivity contribution is -0.197. The molecule has 3 aliphatic rings. The highest BCUT2D eigenvalue weighted by molar-refractivity contribution is 5.85. The fraction of sp³-hybridized carbons (Fsp3) is 0.471. The van der Waals surface area contributed by atoms with E-state index in [-0.39, 0.29) is 24.0 Å². The Labute approximate surface area is 267 Å². The number of aliphatic hydroxyl groups excluding tert-OH is 1. The van der Waals surface area contributed by atoms with E-state index in [0.29, 0.717) is 42.4 Å².